The standard InChI is InChI=1S/C5H8N4/c1-9-4-2-3-7-5(9)8-6/h2-4H,6H2,1H3/b8-5-. The number of aromatic nitrogens is 2. The maximum atomic E-state index is 4.99. The fourth-order valence-electron chi connectivity index (χ4n) is 0.559. The van der Waals surface area contributed by atoms with Crippen LogP contribution in [0.5, 0.6) is 0 Å². The van der Waals surface area contributed by atoms with Crippen LogP contribution in [-0.4, -0.2) is 9.55 Å². The number of hydrogen-bond acceptors (Lipinski definition) is 3. The molecule has 0 radical (unpaired) electrons. The van der Waals surface area contributed by atoms with E-state index in [9.17, 15) is 0 Å². The fraction of sp³-hybridized carbons (Fsp3) is 0.200. The van der Waals surface area contributed by atoms with Gasteiger partial charge in [0, 0.05) is 19.4 Å². The largest absolute Gasteiger partial charge is 0.320 e. The van der Waals surface area contributed by atoms with Crippen LogP contribution in [0.3, 0.4) is 0 Å². The van der Waals surface area contributed by atoms with Gasteiger partial charge in [0.25, 0.3) is 0 Å². The van der Waals surface area contributed by atoms with Crippen molar-refractivity contribution < 1.29 is 0 Å². The third-order valence-electron chi connectivity index (χ3n) is 1.02. The maximum Gasteiger partial charge on any atom is 0.245 e. The minimum Gasteiger partial charge on any atom is -0.320 e. The highest BCUT2D eigenvalue weighted by atomic mass is 15.2. The van der Waals surface area contributed by atoms with Crippen molar-refractivity contribution in [2.24, 2.45) is 18.0 Å². The Morgan fingerprint density at radius 1 is 1.78 bits per heavy atom. The Kier molecular flexibility index (Phi) is 1.48. The molecule has 1 aromatic rings. The summed E-state index contributed by atoms with van der Waals surface area (Å²) in [6.45, 7) is 0. The number of hydrogen-bond donors (Lipinski definition) is 1. The van der Waals surface area contributed by atoms with Crippen LogP contribution in [0.2, 0.25) is 0 Å². The molecule has 0 bridgehead atoms. The highest BCUT2D eigenvalue weighted by molar-refractivity contribution is 4.78. The van der Waals surface area contributed by atoms with Gasteiger partial charge in [0.2, 0.25) is 5.62 Å². The zero-order valence-electron chi connectivity index (χ0n) is 5.15. The molecule has 0 saturated heterocycles. The molecule has 0 fully saturated rings. The minimum atomic E-state index is 0.525. The average Bonchev–Trinajstić information content (AvgIpc) is 1.89. The predicted octanol–water partition coefficient (Wildman–Crippen LogP) is -0.806. The molecule has 2 N–H and O–H groups in total. The Morgan fingerprint density at radius 2 is 2.56 bits per heavy atom. The zero-order valence-corrected chi connectivity index (χ0v) is 5.15. The van der Waals surface area contributed by atoms with Crippen molar-refractivity contribution in [3.63, 3.8) is 0 Å². The minimum absolute atomic E-state index is 0.525. The predicted molar refractivity (Wildman–Crippen MR) is 33.0 cm³/mol. The van der Waals surface area contributed by atoms with Crippen LogP contribution in [0.4, 0.5) is 0 Å². The summed E-state index contributed by atoms with van der Waals surface area (Å²) < 4.78 is 1.74. The lowest BCUT2D eigenvalue weighted by atomic mass is 10.7. The molecule has 0 aliphatic heterocycles. The lowest BCUT2D eigenvalue weighted by Gasteiger charge is -1.92. The summed E-state index contributed by atoms with van der Waals surface area (Å²) in [5.74, 6) is 4.99. The van der Waals surface area contributed by atoms with E-state index in [1.54, 1.807) is 10.8 Å². The summed E-state index contributed by atoms with van der Waals surface area (Å²) in [7, 11) is 1.83. The van der Waals surface area contributed by atoms with Crippen molar-refractivity contribution in [1.29, 1.82) is 0 Å². The molecule has 9 heavy (non-hydrogen) atoms. The van der Waals surface area contributed by atoms with E-state index in [1.807, 2.05) is 19.3 Å². The highest BCUT2D eigenvalue weighted by Crippen LogP contribution is 1.69. The number of rotatable bonds is 0. The van der Waals surface area contributed by atoms with Gasteiger partial charge in [0.15, 0.2) is 0 Å². The average molecular weight is 124 g/mol. The second-order valence-electron chi connectivity index (χ2n) is 1.66. The van der Waals surface area contributed by atoms with Crippen LogP contribution in [0.25, 0.3) is 0 Å². The molecule has 0 aliphatic rings. The SMILES string of the molecule is Cn1cccn/c1=N/N. The molecule has 0 amide bonds. The lowest BCUT2D eigenvalue weighted by Crippen LogP contribution is -2.21. The first-order valence-corrected chi connectivity index (χ1v) is 2.56. The molecule has 0 atom stereocenters. The Labute approximate surface area is 52.7 Å². The van der Waals surface area contributed by atoms with Gasteiger partial charge in [0.1, 0.15) is 0 Å². The Hall–Kier alpha value is -1.32. The molecule has 0 unspecified atom stereocenters. The van der Waals surface area contributed by atoms with E-state index >= 15 is 0 Å². The molecule has 1 aromatic heterocycles. The molecule has 1 heterocycles. The Balaban J connectivity index is 3.33. The molecular weight excluding hydrogens is 116 g/mol. The molecule has 4 heteroatoms. The quantitative estimate of drug-likeness (QED) is 0.363. The number of nitrogens with two attached hydrogens (primary N) is 1. The summed E-state index contributed by atoms with van der Waals surface area (Å²) >= 11 is 0. The molecular formula is C5H8N4. The summed E-state index contributed by atoms with van der Waals surface area (Å²) in [6.07, 6.45) is 3.48. The summed E-state index contributed by atoms with van der Waals surface area (Å²) in [5.41, 5.74) is 0.525. The van der Waals surface area contributed by atoms with Gasteiger partial charge in [-0.15, -0.1) is 5.10 Å². The number of aryl methyl sites for hydroxylation is 1. The van der Waals surface area contributed by atoms with E-state index in [0.29, 0.717) is 5.62 Å². The van der Waals surface area contributed by atoms with Gasteiger partial charge in [-0.1, -0.05) is 0 Å². The second-order valence-corrected chi connectivity index (χ2v) is 1.66. The summed E-state index contributed by atoms with van der Waals surface area (Å²) in [6, 6.07) is 1.81. The molecule has 1 rings (SSSR count). The van der Waals surface area contributed by atoms with Crippen LogP contribution < -0.4 is 11.5 Å². The monoisotopic (exact) mass is 124 g/mol. The van der Waals surface area contributed by atoms with E-state index in [0.717, 1.165) is 0 Å². The van der Waals surface area contributed by atoms with Crippen molar-refractivity contribution in [2.45, 2.75) is 0 Å². The van der Waals surface area contributed by atoms with Gasteiger partial charge in [0.05, 0.1) is 0 Å². The van der Waals surface area contributed by atoms with Crippen LogP contribution in [0.15, 0.2) is 23.6 Å². The smallest absolute Gasteiger partial charge is 0.245 e. The van der Waals surface area contributed by atoms with Crippen LogP contribution in [0, 0.1) is 0 Å². The molecule has 0 aromatic carbocycles. The van der Waals surface area contributed by atoms with Crippen LogP contribution >= 0.6 is 0 Å². The summed E-state index contributed by atoms with van der Waals surface area (Å²) in [5, 5.41) is 3.42. The van der Waals surface area contributed by atoms with Crippen molar-refractivity contribution in [1.82, 2.24) is 9.55 Å². The summed E-state index contributed by atoms with van der Waals surface area (Å²) in [4.78, 5) is 3.87. The first-order valence-electron chi connectivity index (χ1n) is 2.56. The van der Waals surface area contributed by atoms with E-state index in [2.05, 4.69) is 10.1 Å². The van der Waals surface area contributed by atoms with Crippen molar-refractivity contribution >= 4 is 0 Å². The second kappa shape index (κ2) is 2.30. The highest BCUT2D eigenvalue weighted by Gasteiger charge is 1.80. The van der Waals surface area contributed by atoms with Crippen molar-refractivity contribution in [3.05, 3.63) is 24.1 Å². The normalized spacial score (nSPS) is 11.9. The van der Waals surface area contributed by atoms with Gasteiger partial charge in [-0.05, 0) is 6.07 Å². The third-order valence-corrected chi connectivity index (χ3v) is 1.02. The zero-order chi connectivity index (χ0) is 6.69. The Morgan fingerprint density at radius 3 is 3.00 bits per heavy atom. The van der Waals surface area contributed by atoms with Gasteiger partial charge in [-0.2, -0.15) is 0 Å². The van der Waals surface area contributed by atoms with E-state index < -0.39 is 0 Å². The first kappa shape index (κ1) is 5.81. The maximum absolute atomic E-state index is 4.99. The topological polar surface area (TPSA) is 56.2 Å². The Bertz CT molecular complexity index is 249. The molecule has 0 aliphatic carbocycles. The van der Waals surface area contributed by atoms with Crippen LogP contribution in [-0.2, 0) is 7.05 Å². The van der Waals surface area contributed by atoms with Crippen LogP contribution in [0.1, 0.15) is 0 Å². The van der Waals surface area contributed by atoms with Gasteiger partial charge >= 0.3 is 0 Å². The molecule has 48 valence electrons. The van der Waals surface area contributed by atoms with Gasteiger partial charge in [-0.3, -0.25) is 0 Å². The van der Waals surface area contributed by atoms with E-state index in [4.69, 9.17) is 5.84 Å². The third kappa shape index (κ3) is 1.07. The van der Waals surface area contributed by atoms with Gasteiger partial charge in [-0.25, -0.2) is 4.98 Å². The molecule has 0 spiro atoms. The molecule has 0 saturated carbocycles. The van der Waals surface area contributed by atoms with Crippen molar-refractivity contribution in [2.75, 3.05) is 0 Å². The number of nitrogens with zero attached hydrogens (tertiary/aromatic N) is 3. The van der Waals surface area contributed by atoms with Crippen molar-refractivity contribution in [3.8, 4) is 0 Å². The fourth-order valence-corrected chi connectivity index (χ4v) is 0.559. The van der Waals surface area contributed by atoms with E-state index in [1.165, 1.54) is 0 Å². The lowest BCUT2D eigenvalue weighted by molar-refractivity contribution is 0.763. The van der Waals surface area contributed by atoms with E-state index in [-0.39, 0.29) is 0 Å². The first-order chi connectivity index (χ1) is 4.34. The van der Waals surface area contributed by atoms with Gasteiger partial charge < -0.3 is 10.4 Å². The molecule has 4 nitrogen and oxygen atoms in total.